The Morgan fingerprint density at radius 2 is 2.10 bits per heavy atom. The second-order valence-electron chi connectivity index (χ2n) is 6.05. The molecular weight excluding hydrogens is 284 g/mol. The zero-order chi connectivity index (χ0) is 15.5. The molecule has 2 atom stereocenters. The van der Waals surface area contributed by atoms with E-state index in [0.717, 1.165) is 18.4 Å². The Labute approximate surface area is 131 Å². The number of nitrogens with two attached hydrogens (primary N) is 1. The lowest BCUT2D eigenvalue weighted by molar-refractivity contribution is -0.124. The smallest absolute Gasteiger partial charge is 0.234 e. The van der Waals surface area contributed by atoms with E-state index in [1.165, 1.54) is 0 Å². The lowest BCUT2D eigenvalue weighted by Crippen LogP contribution is -2.48. The highest BCUT2D eigenvalue weighted by Crippen LogP contribution is 2.25. The molecule has 1 saturated heterocycles. The first kappa shape index (κ1) is 15.9. The molecule has 1 amide bonds. The Balaban J connectivity index is 2.08. The van der Waals surface area contributed by atoms with E-state index in [2.05, 4.69) is 5.32 Å². The van der Waals surface area contributed by atoms with Gasteiger partial charge in [0.15, 0.2) is 0 Å². The van der Waals surface area contributed by atoms with Crippen LogP contribution >= 0.6 is 12.2 Å². The van der Waals surface area contributed by atoms with E-state index in [4.69, 9.17) is 22.7 Å². The van der Waals surface area contributed by atoms with Crippen LogP contribution in [0.3, 0.4) is 0 Å². The second kappa shape index (κ2) is 6.54. The van der Waals surface area contributed by atoms with Gasteiger partial charge in [0.25, 0.3) is 0 Å². The maximum atomic E-state index is 12.5. The summed E-state index contributed by atoms with van der Waals surface area (Å²) in [6, 6.07) is 9.51. The highest BCUT2D eigenvalue weighted by atomic mass is 32.1. The standard InChI is InChI=1S/C16H22N2O2S/c1-16(2)10-12(8-9-20-16)18-15(19)13(14(17)21)11-6-4-3-5-7-11/h3-7,12-13H,8-10H2,1-2H3,(H2,17,21)(H,18,19). The molecule has 0 aliphatic carbocycles. The van der Waals surface area contributed by atoms with E-state index in [0.29, 0.717) is 6.61 Å². The molecule has 5 heteroatoms. The number of nitrogens with one attached hydrogen (secondary N) is 1. The number of carbonyl (C=O) groups is 1. The molecule has 0 saturated carbocycles. The average molecular weight is 306 g/mol. The van der Waals surface area contributed by atoms with Crippen LogP contribution < -0.4 is 11.1 Å². The third-order valence-electron chi connectivity index (χ3n) is 3.72. The molecule has 21 heavy (non-hydrogen) atoms. The maximum Gasteiger partial charge on any atom is 0.234 e. The minimum Gasteiger partial charge on any atom is -0.392 e. The summed E-state index contributed by atoms with van der Waals surface area (Å²) < 4.78 is 5.67. The summed E-state index contributed by atoms with van der Waals surface area (Å²) in [5, 5.41) is 3.07. The Morgan fingerprint density at radius 1 is 1.43 bits per heavy atom. The molecule has 0 radical (unpaired) electrons. The van der Waals surface area contributed by atoms with Crippen molar-refractivity contribution in [3.05, 3.63) is 35.9 Å². The molecule has 1 aliphatic rings. The summed E-state index contributed by atoms with van der Waals surface area (Å²) in [6.45, 7) is 4.72. The van der Waals surface area contributed by atoms with Crippen molar-refractivity contribution in [2.24, 2.45) is 5.73 Å². The van der Waals surface area contributed by atoms with Crippen molar-refractivity contribution in [2.45, 2.75) is 44.2 Å². The van der Waals surface area contributed by atoms with Crippen LogP contribution in [0, 0.1) is 0 Å². The fourth-order valence-corrected chi connectivity index (χ4v) is 2.97. The van der Waals surface area contributed by atoms with Gasteiger partial charge in [0.1, 0.15) is 5.92 Å². The molecule has 0 aromatic heterocycles. The highest BCUT2D eigenvalue weighted by molar-refractivity contribution is 7.80. The summed E-state index contributed by atoms with van der Waals surface area (Å²) in [5.74, 6) is -0.705. The van der Waals surface area contributed by atoms with E-state index in [1.807, 2.05) is 44.2 Å². The molecule has 114 valence electrons. The van der Waals surface area contributed by atoms with Crippen molar-refractivity contribution in [3.63, 3.8) is 0 Å². The third-order valence-corrected chi connectivity index (χ3v) is 3.96. The molecule has 1 aliphatic heterocycles. The first-order valence-electron chi connectivity index (χ1n) is 7.18. The lowest BCUT2D eigenvalue weighted by Gasteiger charge is -2.36. The number of benzene rings is 1. The zero-order valence-corrected chi connectivity index (χ0v) is 13.3. The van der Waals surface area contributed by atoms with Gasteiger partial charge < -0.3 is 15.8 Å². The van der Waals surface area contributed by atoms with Crippen LogP contribution in [0.15, 0.2) is 30.3 Å². The molecule has 3 N–H and O–H groups in total. The van der Waals surface area contributed by atoms with Gasteiger partial charge in [-0.15, -0.1) is 0 Å². The molecule has 1 heterocycles. The van der Waals surface area contributed by atoms with Crippen molar-refractivity contribution in [3.8, 4) is 0 Å². The van der Waals surface area contributed by atoms with Gasteiger partial charge in [-0.2, -0.15) is 0 Å². The Morgan fingerprint density at radius 3 is 2.67 bits per heavy atom. The average Bonchev–Trinajstić information content (AvgIpc) is 2.38. The predicted molar refractivity (Wildman–Crippen MR) is 87.2 cm³/mol. The summed E-state index contributed by atoms with van der Waals surface area (Å²) in [7, 11) is 0. The Hall–Kier alpha value is -1.46. The molecule has 1 aromatic rings. The minimum atomic E-state index is -0.577. The van der Waals surface area contributed by atoms with Crippen LogP contribution in [0.25, 0.3) is 0 Å². The number of hydrogen-bond donors (Lipinski definition) is 2. The highest BCUT2D eigenvalue weighted by Gasteiger charge is 2.32. The van der Waals surface area contributed by atoms with Gasteiger partial charge in [0, 0.05) is 12.6 Å². The van der Waals surface area contributed by atoms with Gasteiger partial charge in [0.2, 0.25) is 5.91 Å². The zero-order valence-electron chi connectivity index (χ0n) is 12.5. The summed E-state index contributed by atoms with van der Waals surface area (Å²) in [4.78, 5) is 12.7. The van der Waals surface area contributed by atoms with Gasteiger partial charge in [-0.25, -0.2) is 0 Å². The number of amides is 1. The van der Waals surface area contributed by atoms with Gasteiger partial charge in [-0.1, -0.05) is 42.5 Å². The van der Waals surface area contributed by atoms with Gasteiger partial charge in [-0.05, 0) is 32.3 Å². The molecular formula is C16H22N2O2S. The largest absolute Gasteiger partial charge is 0.392 e. The first-order valence-corrected chi connectivity index (χ1v) is 7.58. The summed E-state index contributed by atoms with van der Waals surface area (Å²) in [6.07, 6.45) is 1.60. The van der Waals surface area contributed by atoms with Crippen molar-refractivity contribution in [1.82, 2.24) is 5.32 Å². The molecule has 2 rings (SSSR count). The first-order chi connectivity index (χ1) is 9.89. The Bertz CT molecular complexity index is 516. The summed E-state index contributed by atoms with van der Waals surface area (Å²) in [5.41, 5.74) is 6.39. The van der Waals surface area contributed by atoms with Gasteiger partial charge >= 0.3 is 0 Å². The minimum absolute atomic E-state index is 0.0989. The van der Waals surface area contributed by atoms with Crippen LogP contribution in [0.4, 0.5) is 0 Å². The molecule has 0 bridgehead atoms. The lowest BCUT2D eigenvalue weighted by atomic mass is 9.92. The van der Waals surface area contributed by atoms with Crippen molar-refractivity contribution in [1.29, 1.82) is 0 Å². The summed E-state index contributed by atoms with van der Waals surface area (Å²) >= 11 is 5.08. The number of thiocarbonyl (C=S) groups is 1. The maximum absolute atomic E-state index is 12.5. The van der Waals surface area contributed by atoms with Gasteiger partial charge in [0.05, 0.1) is 10.6 Å². The van der Waals surface area contributed by atoms with Gasteiger partial charge in [-0.3, -0.25) is 4.79 Å². The topological polar surface area (TPSA) is 64.4 Å². The van der Waals surface area contributed by atoms with E-state index < -0.39 is 5.92 Å². The molecule has 2 unspecified atom stereocenters. The monoisotopic (exact) mass is 306 g/mol. The van der Waals surface area contributed by atoms with Crippen LogP contribution in [0.1, 0.15) is 38.2 Å². The second-order valence-corrected chi connectivity index (χ2v) is 6.52. The Kier molecular flexibility index (Phi) is 4.96. The molecule has 1 aromatic carbocycles. The van der Waals surface area contributed by atoms with Crippen LogP contribution in [0.5, 0.6) is 0 Å². The van der Waals surface area contributed by atoms with E-state index >= 15 is 0 Å². The molecule has 0 spiro atoms. The number of ether oxygens (including phenoxy) is 1. The molecule has 1 fully saturated rings. The fourth-order valence-electron chi connectivity index (χ4n) is 2.73. The number of hydrogen-bond acceptors (Lipinski definition) is 3. The van der Waals surface area contributed by atoms with Crippen molar-refractivity contribution in [2.75, 3.05) is 6.61 Å². The van der Waals surface area contributed by atoms with E-state index in [9.17, 15) is 4.79 Å². The SMILES string of the molecule is CC1(C)CC(NC(=O)C(C(N)=S)c2ccccc2)CCO1. The predicted octanol–water partition coefficient (Wildman–Crippen LogP) is 2.13. The fraction of sp³-hybridized carbons (Fsp3) is 0.500. The van der Waals surface area contributed by atoms with Crippen molar-refractivity contribution >= 4 is 23.1 Å². The van der Waals surface area contributed by atoms with Crippen LogP contribution in [-0.2, 0) is 9.53 Å². The third kappa shape index (κ3) is 4.25. The molecule has 4 nitrogen and oxygen atoms in total. The van der Waals surface area contributed by atoms with Crippen molar-refractivity contribution < 1.29 is 9.53 Å². The van der Waals surface area contributed by atoms with E-state index in [-0.39, 0.29) is 22.5 Å². The van der Waals surface area contributed by atoms with Crippen LogP contribution in [0.2, 0.25) is 0 Å². The number of carbonyl (C=O) groups excluding carboxylic acids is 1. The van der Waals surface area contributed by atoms with E-state index in [1.54, 1.807) is 0 Å². The normalized spacial score (nSPS) is 22.3. The number of rotatable bonds is 4. The quantitative estimate of drug-likeness (QED) is 0.837. The van der Waals surface area contributed by atoms with Crippen LogP contribution in [-0.4, -0.2) is 29.1 Å².